The Morgan fingerprint density at radius 2 is 2.21 bits per heavy atom. The van der Waals surface area contributed by atoms with Crippen molar-refractivity contribution < 1.29 is 9.90 Å². The molecule has 1 aromatic rings. The number of nitrogens with zero attached hydrogens (tertiary/aromatic N) is 1. The molecule has 0 aromatic carbocycles. The molecule has 1 aliphatic carbocycles. The highest BCUT2D eigenvalue weighted by molar-refractivity contribution is 7.98. The van der Waals surface area contributed by atoms with Crippen LogP contribution in [-0.2, 0) is 17.0 Å². The van der Waals surface area contributed by atoms with Gasteiger partial charge in [0.2, 0.25) is 0 Å². The second-order valence-corrected chi connectivity index (χ2v) is 7.36. The van der Waals surface area contributed by atoms with Crippen molar-refractivity contribution in [3.8, 4) is 0 Å². The first kappa shape index (κ1) is 13.4. The van der Waals surface area contributed by atoms with Gasteiger partial charge in [0.25, 0.3) is 5.91 Å². The van der Waals surface area contributed by atoms with Gasteiger partial charge in [-0.05, 0) is 30.9 Å². The van der Waals surface area contributed by atoms with Crippen LogP contribution in [-0.4, -0.2) is 27.9 Å². The van der Waals surface area contributed by atoms with Crippen LogP contribution in [0, 0.1) is 5.92 Å². The van der Waals surface area contributed by atoms with Crippen molar-refractivity contribution in [1.82, 2.24) is 4.98 Å². The van der Waals surface area contributed by atoms with Crippen LogP contribution in [0.1, 0.15) is 36.3 Å². The number of thioether (sulfide) groups is 1. The van der Waals surface area contributed by atoms with Crippen LogP contribution in [0.5, 0.6) is 0 Å². The fourth-order valence-electron chi connectivity index (χ4n) is 2.75. The van der Waals surface area contributed by atoms with E-state index in [9.17, 15) is 9.90 Å². The standard InChI is InChI=1S/C13H18N2O2S2/c16-11(8-3-1-2-4-8)12(17)15-13-14-9-5-6-18-7-10(9)19-13/h8,11,16H,1-7H2,(H,14,15,17)/t11-/m1/s1. The number of hydrogen-bond acceptors (Lipinski definition) is 5. The van der Waals surface area contributed by atoms with Crippen LogP contribution in [0.4, 0.5) is 5.13 Å². The third-order valence-electron chi connectivity index (χ3n) is 3.84. The van der Waals surface area contributed by atoms with Gasteiger partial charge in [0.15, 0.2) is 5.13 Å². The van der Waals surface area contributed by atoms with E-state index in [2.05, 4.69) is 10.3 Å². The van der Waals surface area contributed by atoms with Crippen molar-refractivity contribution in [3.63, 3.8) is 0 Å². The Morgan fingerprint density at radius 3 is 2.95 bits per heavy atom. The Kier molecular flexibility index (Phi) is 4.10. The van der Waals surface area contributed by atoms with Crippen molar-refractivity contribution in [1.29, 1.82) is 0 Å². The number of nitrogens with one attached hydrogen (secondary N) is 1. The Hall–Kier alpha value is -0.590. The van der Waals surface area contributed by atoms with Crippen molar-refractivity contribution >= 4 is 34.1 Å². The number of carbonyl (C=O) groups is 1. The van der Waals surface area contributed by atoms with E-state index in [4.69, 9.17) is 0 Å². The van der Waals surface area contributed by atoms with Crippen molar-refractivity contribution in [2.24, 2.45) is 5.92 Å². The van der Waals surface area contributed by atoms with Gasteiger partial charge in [-0.3, -0.25) is 10.1 Å². The summed E-state index contributed by atoms with van der Waals surface area (Å²) in [7, 11) is 0. The van der Waals surface area contributed by atoms with Crippen LogP contribution < -0.4 is 5.32 Å². The molecule has 2 aliphatic rings. The summed E-state index contributed by atoms with van der Waals surface area (Å²) in [5.74, 6) is 1.94. The van der Waals surface area contributed by atoms with Gasteiger partial charge in [-0.25, -0.2) is 4.98 Å². The van der Waals surface area contributed by atoms with E-state index in [0.29, 0.717) is 5.13 Å². The van der Waals surface area contributed by atoms with Gasteiger partial charge in [0, 0.05) is 10.6 Å². The number of fused-ring (bicyclic) bond motifs is 1. The number of aliphatic hydroxyl groups excluding tert-OH is 1. The third kappa shape index (κ3) is 2.95. The summed E-state index contributed by atoms with van der Waals surface area (Å²) in [5.41, 5.74) is 1.12. The minimum absolute atomic E-state index is 0.130. The molecule has 3 rings (SSSR count). The van der Waals surface area contributed by atoms with Crippen LogP contribution in [0.15, 0.2) is 0 Å². The number of amides is 1. The second-order valence-electron chi connectivity index (χ2n) is 5.17. The van der Waals surface area contributed by atoms with Crippen molar-refractivity contribution in [2.45, 2.75) is 44.0 Å². The van der Waals surface area contributed by atoms with Crippen LogP contribution in [0.25, 0.3) is 0 Å². The molecule has 6 heteroatoms. The largest absolute Gasteiger partial charge is 0.383 e. The van der Waals surface area contributed by atoms with Crippen LogP contribution in [0.2, 0.25) is 0 Å². The molecule has 1 saturated carbocycles. The molecule has 0 radical (unpaired) electrons. The summed E-state index contributed by atoms with van der Waals surface area (Å²) in [6, 6.07) is 0. The molecule has 0 saturated heterocycles. The molecule has 2 heterocycles. The first-order valence-electron chi connectivity index (χ1n) is 6.79. The Balaban J connectivity index is 1.63. The summed E-state index contributed by atoms with van der Waals surface area (Å²) in [4.78, 5) is 17.7. The van der Waals surface area contributed by atoms with E-state index in [-0.39, 0.29) is 11.8 Å². The Morgan fingerprint density at radius 1 is 1.42 bits per heavy atom. The van der Waals surface area contributed by atoms with E-state index in [1.54, 1.807) is 11.3 Å². The fraction of sp³-hybridized carbons (Fsp3) is 0.692. The van der Waals surface area contributed by atoms with Gasteiger partial charge in [-0.1, -0.05) is 12.8 Å². The van der Waals surface area contributed by atoms with E-state index in [1.165, 1.54) is 4.88 Å². The zero-order chi connectivity index (χ0) is 13.2. The lowest BCUT2D eigenvalue weighted by Crippen LogP contribution is -2.33. The highest BCUT2D eigenvalue weighted by Gasteiger charge is 2.29. The lowest BCUT2D eigenvalue weighted by molar-refractivity contribution is -0.126. The van der Waals surface area contributed by atoms with Crippen LogP contribution >= 0.6 is 23.1 Å². The minimum atomic E-state index is -0.877. The summed E-state index contributed by atoms with van der Waals surface area (Å²) >= 11 is 3.45. The average Bonchev–Trinajstić information content (AvgIpc) is 3.06. The van der Waals surface area contributed by atoms with Crippen molar-refractivity contribution in [2.75, 3.05) is 11.1 Å². The summed E-state index contributed by atoms with van der Waals surface area (Å²) in [5, 5.41) is 13.5. The molecule has 19 heavy (non-hydrogen) atoms. The molecule has 0 spiro atoms. The number of hydrogen-bond donors (Lipinski definition) is 2. The minimum Gasteiger partial charge on any atom is -0.383 e. The SMILES string of the molecule is O=C(Nc1nc2c(s1)CSCC2)[C@H](O)C1CCCC1. The number of aromatic nitrogens is 1. The van der Waals surface area contributed by atoms with E-state index < -0.39 is 6.10 Å². The lowest BCUT2D eigenvalue weighted by Gasteiger charge is -2.15. The highest BCUT2D eigenvalue weighted by Crippen LogP contribution is 2.32. The van der Waals surface area contributed by atoms with Gasteiger partial charge in [0.1, 0.15) is 6.10 Å². The predicted octanol–water partition coefficient (Wildman–Crippen LogP) is 2.42. The quantitative estimate of drug-likeness (QED) is 0.899. The molecule has 4 nitrogen and oxygen atoms in total. The summed E-state index contributed by atoms with van der Waals surface area (Å²) in [6.45, 7) is 0. The topological polar surface area (TPSA) is 62.2 Å². The third-order valence-corrected chi connectivity index (χ3v) is 6.02. The average molecular weight is 298 g/mol. The van der Waals surface area contributed by atoms with E-state index in [1.807, 2.05) is 11.8 Å². The molecule has 104 valence electrons. The fourth-order valence-corrected chi connectivity index (χ4v) is 4.87. The number of aryl methyl sites for hydroxylation is 1. The molecule has 0 unspecified atom stereocenters. The van der Waals surface area contributed by atoms with Crippen LogP contribution in [0.3, 0.4) is 0 Å². The lowest BCUT2D eigenvalue weighted by atomic mass is 10.0. The maximum absolute atomic E-state index is 12.0. The molecule has 1 aliphatic heterocycles. The molecule has 1 aromatic heterocycles. The normalized spacial score (nSPS) is 21.1. The zero-order valence-electron chi connectivity index (χ0n) is 10.7. The molecule has 1 amide bonds. The number of anilines is 1. The molecule has 1 fully saturated rings. The van der Waals surface area contributed by atoms with Gasteiger partial charge in [-0.2, -0.15) is 11.8 Å². The predicted molar refractivity (Wildman–Crippen MR) is 78.6 cm³/mol. The maximum Gasteiger partial charge on any atom is 0.255 e. The molecule has 1 atom stereocenters. The smallest absolute Gasteiger partial charge is 0.255 e. The monoisotopic (exact) mass is 298 g/mol. The number of carbonyl (C=O) groups excluding carboxylic acids is 1. The maximum atomic E-state index is 12.0. The van der Waals surface area contributed by atoms with E-state index >= 15 is 0 Å². The second kappa shape index (κ2) is 5.81. The van der Waals surface area contributed by atoms with Gasteiger partial charge in [-0.15, -0.1) is 11.3 Å². The molecule has 0 bridgehead atoms. The summed E-state index contributed by atoms with van der Waals surface area (Å²) < 4.78 is 0. The first-order chi connectivity index (χ1) is 9.24. The molecule has 2 N–H and O–H groups in total. The first-order valence-corrected chi connectivity index (χ1v) is 8.76. The zero-order valence-corrected chi connectivity index (χ0v) is 12.4. The Labute approximate surface area is 121 Å². The molecular weight excluding hydrogens is 280 g/mol. The van der Waals surface area contributed by atoms with Gasteiger partial charge in [0.05, 0.1) is 5.69 Å². The van der Waals surface area contributed by atoms with Crippen molar-refractivity contribution in [3.05, 3.63) is 10.6 Å². The van der Waals surface area contributed by atoms with Gasteiger partial charge < -0.3 is 5.11 Å². The Bertz CT molecular complexity index is 446. The summed E-state index contributed by atoms with van der Waals surface area (Å²) in [6.07, 6.45) is 4.27. The van der Waals surface area contributed by atoms with Gasteiger partial charge >= 0.3 is 0 Å². The number of thiazole rings is 1. The molecular formula is C13H18N2O2S2. The number of aliphatic hydroxyl groups is 1. The number of rotatable bonds is 3. The highest BCUT2D eigenvalue weighted by atomic mass is 32.2. The van der Waals surface area contributed by atoms with E-state index in [0.717, 1.165) is 49.3 Å².